The molecule has 0 aliphatic heterocycles. The summed E-state index contributed by atoms with van der Waals surface area (Å²) in [5.74, 6) is 3.77. The van der Waals surface area contributed by atoms with Crippen molar-refractivity contribution in [2.45, 2.75) is 49.1 Å². The zero-order valence-electron chi connectivity index (χ0n) is 17.2. The summed E-state index contributed by atoms with van der Waals surface area (Å²) < 4.78 is 18.7. The number of para-hydroxylation sites is 1. The van der Waals surface area contributed by atoms with Crippen molar-refractivity contribution in [1.82, 2.24) is 24.9 Å². The van der Waals surface area contributed by atoms with Crippen LogP contribution in [0.3, 0.4) is 0 Å². The number of nitrogens with zero attached hydrogens (tertiary/aromatic N) is 5. The molecular weight excluding hydrogens is 414 g/mol. The largest absolute Gasteiger partial charge is 0.496 e. The second kappa shape index (κ2) is 8.97. The quantitative estimate of drug-likeness (QED) is 0.355. The van der Waals surface area contributed by atoms with Crippen LogP contribution in [0.4, 0.5) is 0 Å². The van der Waals surface area contributed by atoms with Gasteiger partial charge in [-0.05, 0) is 37.1 Å². The van der Waals surface area contributed by atoms with Gasteiger partial charge in [0, 0.05) is 6.04 Å². The lowest BCUT2D eigenvalue weighted by atomic mass is 9.95. The highest BCUT2D eigenvalue weighted by molar-refractivity contribution is 7.98. The smallest absolute Gasteiger partial charge is 0.237 e. The molecule has 1 aliphatic carbocycles. The van der Waals surface area contributed by atoms with Crippen molar-refractivity contribution in [3.63, 3.8) is 0 Å². The Morgan fingerprint density at radius 3 is 2.77 bits per heavy atom. The molecule has 1 aromatic carbocycles. The highest BCUT2D eigenvalue weighted by Crippen LogP contribution is 2.36. The minimum Gasteiger partial charge on any atom is -0.496 e. The first kappa shape index (κ1) is 19.9. The van der Waals surface area contributed by atoms with E-state index in [0.29, 0.717) is 29.3 Å². The van der Waals surface area contributed by atoms with Crippen molar-refractivity contribution in [2.24, 2.45) is 0 Å². The number of thioether (sulfide) groups is 1. The van der Waals surface area contributed by atoms with E-state index in [-0.39, 0.29) is 0 Å². The van der Waals surface area contributed by atoms with Crippen LogP contribution in [-0.4, -0.2) is 32.0 Å². The molecule has 0 saturated heterocycles. The zero-order valence-corrected chi connectivity index (χ0v) is 18.0. The molecule has 0 amide bonds. The first-order valence-electron chi connectivity index (χ1n) is 10.4. The Bertz CT molecular complexity index is 1130. The van der Waals surface area contributed by atoms with Gasteiger partial charge in [0.1, 0.15) is 5.75 Å². The van der Waals surface area contributed by atoms with Gasteiger partial charge in [0.25, 0.3) is 0 Å². The number of benzene rings is 1. The Labute approximate surface area is 184 Å². The standard InChI is InChI=1S/C22H23N5O3S/c1-28-17-11-6-5-10-16(17)20-23-19(30-26-20)14-31-22-25-24-21(18-12-7-13-29-18)27(22)15-8-3-2-4-9-15/h5-7,10-13,15H,2-4,8-9,14H2,1H3. The fourth-order valence-electron chi connectivity index (χ4n) is 4.00. The summed E-state index contributed by atoms with van der Waals surface area (Å²) in [5.41, 5.74) is 0.801. The monoisotopic (exact) mass is 437 g/mol. The fourth-order valence-corrected chi connectivity index (χ4v) is 4.84. The van der Waals surface area contributed by atoms with Gasteiger partial charge < -0.3 is 13.7 Å². The SMILES string of the molecule is COc1ccccc1-c1noc(CSc2nnc(-c3ccco3)n2C2CCCCC2)n1. The van der Waals surface area contributed by atoms with Gasteiger partial charge >= 0.3 is 0 Å². The van der Waals surface area contributed by atoms with Crippen LogP contribution in [0.5, 0.6) is 5.75 Å². The fraction of sp³-hybridized carbons (Fsp3) is 0.364. The lowest BCUT2D eigenvalue weighted by Gasteiger charge is -2.25. The van der Waals surface area contributed by atoms with E-state index in [9.17, 15) is 0 Å². The second-order valence-electron chi connectivity index (χ2n) is 7.45. The number of hydrogen-bond donors (Lipinski definition) is 0. The van der Waals surface area contributed by atoms with Gasteiger partial charge in [0.05, 0.1) is 24.7 Å². The molecule has 0 bridgehead atoms. The van der Waals surface area contributed by atoms with Crippen molar-refractivity contribution >= 4 is 11.8 Å². The van der Waals surface area contributed by atoms with Gasteiger partial charge in [-0.25, -0.2) is 0 Å². The Hall–Kier alpha value is -3.07. The van der Waals surface area contributed by atoms with E-state index in [2.05, 4.69) is 24.9 Å². The number of hydrogen-bond acceptors (Lipinski definition) is 8. The van der Waals surface area contributed by atoms with E-state index >= 15 is 0 Å². The first-order valence-corrected chi connectivity index (χ1v) is 11.4. The Balaban J connectivity index is 1.38. The van der Waals surface area contributed by atoms with Gasteiger partial charge in [-0.1, -0.05) is 48.3 Å². The lowest BCUT2D eigenvalue weighted by molar-refractivity contribution is 0.337. The summed E-state index contributed by atoms with van der Waals surface area (Å²) in [6.45, 7) is 0. The lowest BCUT2D eigenvalue weighted by Crippen LogP contribution is -2.15. The summed E-state index contributed by atoms with van der Waals surface area (Å²) >= 11 is 1.55. The number of rotatable bonds is 7. The summed E-state index contributed by atoms with van der Waals surface area (Å²) in [4.78, 5) is 4.55. The Morgan fingerprint density at radius 1 is 1.10 bits per heavy atom. The van der Waals surface area contributed by atoms with Crippen molar-refractivity contribution in [2.75, 3.05) is 7.11 Å². The second-order valence-corrected chi connectivity index (χ2v) is 8.39. The Kier molecular flexibility index (Phi) is 5.75. The van der Waals surface area contributed by atoms with Crippen LogP contribution >= 0.6 is 11.8 Å². The third kappa shape index (κ3) is 4.10. The molecule has 3 aromatic heterocycles. The molecule has 31 heavy (non-hydrogen) atoms. The maximum atomic E-state index is 5.62. The maximum Gasteiger partial charge on any atom is 0.237 e. The van der Waals surface area contributed by atoms with Crippen molar-refractivity contribution in [1.29, 1.82) is 0 Å². The maximum absolute atomic E-state index is 5.62. The molecule has 0 unspecified atom stereocenters. The molecule has 4 aromatic rings. The summed E-state index contributed by atoms with van der Waals surface area (Å²) in [6, 6.07) is 11.8. The third-order valence-corrected chi connectivity index (χ3v) is 6.41. The van der Waals surface area contributed by atoms with Gasteiger partial charge in [-0.2, -0.15) is 4.98 Å². The number of aromatic nitrogens is 5. The van der Waals surface area contributed by atoms with Crippen LogP contribution < -0.4 is 4.74 Å². The molecule has 9 heteroatoms. The minimum atomic E-state index is 0.373. The molecular formula is C22H23N5O3S. The average Bonchev–Trinajstić information content (AvgIpc) is 3.58. The molecule has 1 fully saturated rings. The summed E-state index contributed by atoms with van der Waals surface area (Å²) in [7, 11) is 1.63. The van der Waals surface area contributed by atoms with Crippen LogP contribution in [0.25, 0.3) is 23.0 Å². The molecule has 0 spiro atoms. The van der Waals surface area contributed by atoms with E-state index in [1.165, 1.54) is 19.3 Å². The normalized spacial score (nSPS) is 14.7. The van der Waals surface area contributed by atoms with Crippen LogP contribution in [0.2, 0.25) is 0 Å². The van der Waals surface area contributed by atoms with Crippen LogP contribution in [-0.2, 0) is 5.75 Å². The van der Waals surface area contributed by atoms with E-state index in [1.54, 1.807) is 25.1 Å². The predicted octanol–water partition coefficient (Wildman–Crippen LogP) is 5.39. The highest BCUT2D eigenvalue weighted by Gasteiger charge is 2.25. The van der Waals surface area contributed by atoms with Gasteiger partial charge in [-0.3, -0.25) is 4.57 Å². The van der Waals surface area contributed by atoms with E-state index in [4.69, 9.17) is 13.7 Å². The van der Waals surface area contributed by atoms with Gasteiger partial charge in [0.2, 0.25) is 17.5 Å². The number of furan rings is 1. The molecule has 0 atom stereocenters. The molecule has 160 valence electrons. The molecule has 1 aliphatic rings. The molecule has 0 radical (unpaired) electrons. The summed E-state index contributed by atoms with van der Waals surface area (Å²) in [5, 5.41) is 13.9. The number of ether oxygens (including phenoxy) is 1. The van der Waals surface area contributed by atoms with Crippen molar-refractivity contribution in [3.05, 3.63) is 48.6 Å². The van der Waals surface area contributed by atoms with Gasteiger partial charge in [-0.15, -0.1) is 10.2 Å². The van der Waals surface area contributed by atoms with Crippen LogP contribution in [0, 0.1) is 0 Å². The highest BCUT2D eigenvalue weighted by atomic mass is 32.2. The van der Waals surface area contributed by atoms with Gasteiger partial charge in [0.15, 0.2) is 10.9 Å². The van der Waals surface area contributed by atoms with Crippen molar-refractivity contribution in [3.8, 4) is 28.7 Å². The van der Waals surface area contributed by atoms with Crippen LogP contribution in [0.1, 0.15) is 44.0 Å². The van der Waals surface area contributed by atoms with E-state index < -0.39 is 0 Å². The number of methoxy groups -OCH3 is 1. The molecule has 0 N–H and O–H groups in total. The zero-order chi connectivity index (χ0) is 21.0. The average molecular weight is 438 g/mol. The molecule has 8 nitrogen and oxygen atoms in total. The summed E-state index contributed by atoms with van der Waals surface area (Å²) in [6.07, 6.45) is 7.63. The molecule has 3 heterocycles. The molecule has 5 rings (SSSR count). The van der Waals surface area contributed by atoms with Crippen LogP contribution in [0.15, 0.2) is 56.8 Å². The minimum absolute atomic E-state index is 0.373. The predicted molar refractivity (Wildman–Crippen MR) is 116 cm³/mol. The van der Waals surface area contributed by atoms with Crippen molar-refractivity contribution < 1.29 is 13.7 Å². The Morgan fingerprint density at radius 2 is 1.97 bits per heavy atom. The third-order valence-electron chi connectivity index (χ3n) is 5.49. The van der Waals surface area contributed by atoms with E-state index in [0.717, 1.165) is 35.1 Å². The van der Waals surface area contributed by atoms with E-state index in [1.807, 2.05) is 36.4 Å². The first-order chi connectivity index (χ1) is 15.3. The molecule has 1 saturated carbocycles. The topological polar surface area (TPSA) is 92.0 Å².